The van der Waals surface area contributed by atoms with E-state index in [-0.39, 0.29) is 24.2 Å². The van der Waals surface area contributed by atoms with Gasteiger partial charge in [0, 0.05) is 38.3 Å². The molecule has 166 valence electrons. The molecule has 7 nitrogen and oxygen atoms in total. The van der Waals surface area contributed by atoms with Crippen LogP contribution in [0.15, 0.2) is 24.8 Å². The van der Waals surface area contributed by atoms with Gasteiger partial charge in [0.15, 0.2) is 0 Å². The monoisotopic (exact) mass is 424 g/mol. The Bertz CT molecular complexity index is 885. The molecule has 2 heterocycles. The number of urea groups is 1. The average Bonchev–Trinajstić information content (AvgIpc) is 3.41. The molecule has 2 N–H and O–H groups in total. The topological polar surface area (TPSA) is 81.8 Å². The van der Waals surface area contributed by atoms with Crippen molar-refractivity contribution in [2.45, 2.75) is 51.0 Å². The minimum absolute atomic E-state index is 0.0579. The number of benzene rings is 1. The number of amides is 4. The lowest BCUT2D eigenvalue weighted by Gasteiger charge is -2.38. The van der Waals surface area contributed by atoms with Crippen LogP contribution in [0, 0.1) is 12.8 Å². The van der Waals surface area contributed by atoms with Crippen molar-refractivity contribution in [2.75, 3.05) is 31.1 Å². The summed E-state index contributed by atoms with van der Waals surface area (Å²) in [7, 11) is 0. The normalized spacial score (nSPS) is 24.3. The molecule has 3 aliphatic rings. The zero-order chi connectivity index (χ0) is 22.0. The van der Waals surface area contributed by atoms with E-state index < -0.39 is 11.6 Å². The van der Waals surface area contributed by atoms with E-state index in [1.54, 1.807) is 0 Å². The van der Waals surface area contributed by atoms with Crippen LogP contribution < -0.4 is 15.5 Å². The number of hydrogen-bond donors (Lipinski definition) is 2. The maximum absolute atomic E-state index is 13.0. The SMILES string of the molecule is C=Cc1ccc(C)c(N2CCN(C(=O)CCC3(C4CCCC4)NC(=O)NC3=O)CC2)c1. The summed E-state index contributed by atoms with van der Waals surface area (Å²) < 4.78 is 0. The minimum Gasteiger partial charge on any atom is -0.368 e. The van der Waals surface area contributed by atoms with Crippen LogP contribution in [0.5, 0.6) is 0 Å². The van der Waals surface area contributed by atoms with Crippen LogP contribution >= 0.6 is 0 Å². The summed E-state index contributed by atoms with van der Waals surface area (Å²) >= 11 is 0. The van der Waals surface area contributed by atoms with Gasteiger partial charge in [-0.3, -0.25) is 14.9 Å². The fourth-order valence-corrected chi connectivity index (χ4v) is 5.34. The molecule has 2 saturated heterocycles. The highest BCUT2D eigenvalue weighted by molar-refractivity contribution is 6.07. The van der Waals surface area contributed by atoms with E-state index in [2.05, 4.69) is 47.2 Å². The van der Waals surface area contributed by atoms with E-state index >= 15 is 0 Å². The van der Waals surface area contributed by atoms with Crippen LogP contribution in [0.3, 0.4) is 0 Å². The van der Waals surface area contributed by atoms with E-state index in [1.165, 1.54) is 11.3 Å². The van der Waals surface area contributed by atoms with Crippen molar-refractivity contribution in [1.29, 1.82) is 0 Å². The summed E-state index contributed by atoms with van der Waals surface area (Å²) in [5.74, 6) is -0.0918. The second-order valence-electron chi connectivity index (χ2n) is 8.98. The van der Waals surface area contributed by atoms with Gasteiger partial charge >= 0.3 is 6.03 Å². The predicted molar refractivity (Wildman–Crippen MR) is 121 cm³/mol. The standard InChI is InChI=1S/C24H32N4O3/c1-3-18-9-8-17(2)20(16-18)27-12-14-28(15-13-27)21(29)10-11-24(19-6-4-5-7-19)22(30)25-23(31)26-24/h3,8-9,16,19H,1,4-7,10-15H2,2H3,(H2,25,26,30,31). The number of hydrogen-bond acceptors (Lipinski definition) is 4. The second kappa shape index (κ2) is 8.73. The Labute approximate surface area is 183 Å². The van der Waals surface area contributed by atoms with Crippen LogP contribution in [0.4, 0.5) is 10.5 Å². The molecular formula is C24H32N4O3. The first-order chi connectivity index (χ1) is 14.9. The number of anilines is 1. The molecule has 3 fully saturated rings. The highest BCUT2D eigenvalue weighted by Crippen LogP contribution is 2.38. The Kier molecular flexibility index (Phi) is 6.03. The predicted octanol–water partition coefficient (Wildman–Crippen LogP) is 2.84. The molecule has 1 aliphatic carbocycles. The Hall–Kier alpha value is -2.83. The number of aryl methyl sites for hydroxylation is 1. The third kappa shape index (κ3) is 4.18. The van der Waals surface area contributed by atoms with E-state index in [4.69, 9.17) is 0 Å². The zero-order valence-corrected chi connectivity index (χ0v) is 18.3. The zero-order valence-electron chi connectivity index (χ0n) is 18.3. The van der Waals surface area contributed by atoms with Crippen LogP contribution in [0.1, 0.15) is 49.7 Å². The molecule has 1 unspecified atom stereocenters. The van der Waals surface area contributed by atoms with Crippen molar-refractivity contribution in [3.8, 4) is 0 Å². The van der Waals surface area contributed by atoms with Crippen molar-refractivity contribution in [2.24, 2.45) is 5.92 Å². The number of piperazine rings is 1. The summed E-state index contributed by atoms with van der Waals surface area (Å²) in [5, 5.41) is 5.28. The van der Waals surface area contributed by atoms with Crippen LogP contribution in [0.2, 0.25) is 0 Å². The van der Waals surface area contributed by atoms with Gasteiger partial charge in [-0.2, -0.15) is 0 Å². The first-order valence-corrected chi connectivity index (χ1v) is 11.3. The summed E-state index contributed by atoms with van der Waals surface area (Å²) in [6.45, 7) is 8.82. The van der Waals surface area contributed by atoms with Crippen molar-refractivity contribution < 1.29 is 14.4 Å². The number of nitrogens with one attached hydrogen (secondary N) is 2. The number of carbonyl (C=O) groups is 3. The van der Waals surface area contributed by atoms with Gasteiger partial charge < -0.3 is 15.1 Å². The fourth-order valence-electron chi connectivity index (χ4n) is 5.34. The Balaban J connectivity index is 1.36. The first kappa shape index (κ1) is 21.4. The van der Waals surface area contributed by atoms with Gasteiger partial charge in [0.1, 0.15) is 5.54 Å². The molecule has 0 radical (unpaired) electrons. The lowest BCUT2D eigenvalue weighted by Crippen LogP contribution is -2.54. The van der Waals surface area contributed by atoms with Gasteiger partial charge in [0.2, 0.25) is 5.91 Å². The van der Waals surface area contributed by atoms with Gasteiger partial charge in [-0.25, -0.2) is 4.79 Å². The van der Waals surface area contributed by atoms with Crippen molar-refractivity contribution in [3.05, 3.63) is 35.9 Å². The molecule has 1 aromatic carbocycles. The van der Waals surface area contributed by atoms with Gasteiger partial charge in [-0.15, -0.1) is 0 Å². The Morgan fingerprint density at radius 1 is 1.19 bits per heavy atom. The van der Waals surface area contributed by atoms with E-state index in [9.17, 15) is 14.4 Å². The molecule has 4 amide bonds. The quantitative estimate of drug-likeness (QED) is 0.688. The van der Waals surface area contributed by atoms with Crippen molar-refractivity contribution in [1.82, 2.24) is 15.5 Å². The van der Waals surface area contributed by atoms with Crippen LogP contribution in [0.25, 0.3) is 6.08 Å². The summed E-state index contributed by atoms with van der Waals surface area (Å²) in [6.07, 6.45) is 6.47. The van der Waals surface area contributed by atoms with Gasteiger partial charge in [-0.05, 0) is 49.3 Å². The average molecular weight is 425 g/mol. The molecule has 0 aromatic heterocycles. The molecule has 1 atom stereocenters. The molecule has 7 heteroatoms. The van der Waals surface area contributed by atoms with Gasteiger partial charge in [0.05, 0.1) is 0 Å². The summed E-state index contributed by atoms with van der Waals surface area (Å²) in [6, 6.07) is 5.87. The highest BCUT2D eigenvalue weighted by Gasteiger charge is 2.52. The van der Waals surface area contributed by atoms with Gasteiger partial charge in [0.25, 0.3) is 5.91 Å². The minimum atomic E-state index is -0.923. The maximum Gasteiger partial charge on any atom is 0.322 e. The van der Waals surface area contributed by atoms with E-state index in [1.807, 2.05) is 11.0 Å². The van der Waals surface area contributed by atoms with Crippen LogP contribution in [-0.2, 0) is 9.59 Å². The molecule has 1 aromatic rings. The highest BCUT2D eigenvalue weighted by atomic mass is 16.2. The molecular weight excluding hydrogens is 392 g/mol. The molecule has 1 saturated carbocycles. The Morgan fingerprint density at radius 3 is 2.52 bits per heavy atom. The Morgan fingerprint density at radius 2 is 1.90 bits per heavy atom. The molecule has 31 heavy (non-hydrogen) atoms. The van der Waals surface area contributed by atoms with Crippen LogP contribution in [-0.4, -0.2) is 54.5 Å². The van der Waals surface area contributed by atoms with E-state index in [0.717, 1.165) is 44.3 Å². The maximum atomic E-state index is 13.0. The first-order valence-electron chi connectivity index (χ1n) is 11.3. The lowest BCUT2D eigenvalue weighted by atomic mass is 9.79. The number of nitrogens with zero attached hydrogens (tertiary/aromatic N) is 2. The molecule has 0 bridgehead atoms. The smallest absolute Gasteiger partial charge is 0.322 e. The third-order valence-electron chi connectivity index (χ3n) is 7.20. The molecule has 4 rings (SSSR count). The second-order valence-corrected chi connectivity index (χ2v) is 8.98. The molecule has 0 spiro atoms. The van der Waals surface area contributed by atoms with Crippen molar-refractivity contribution in [3.63, 3.8) is 0 Å². The largest absolute Gasteiger partial charge is 0.368 e. The molecule has 2 aliphatic heterocycles. The van der Waals surface area contributed by atoms with Crippen molar-refractivity contribution >= 4 is 29.6 Å². The lowest BCUT2D eigenvalue weighted by molar-refractivity contribution is -0.133. The third-order valence-corrected chi connectivity index (χ3v) is 7.20. The number of rotatable bonds is 6. The fraction of sp³-hybridized carbons (Fsp3) is 0.542. The number of carbonyl (C=O) groups excluding carboxylic acids is 3. The number of imide groups is 1. The van der Waals surface area contributed by atoms with E-state index in [0.29, 0.717) is 19.5 Å². The van der Waals surface area contributed by atoms with Gasteiger partial charge in [-0.1, -0.05) is 37.6 Å². The summed E-state index contributed by atoms with van der Waals surface area (Å²) in [4.78, 5) is 41.7. The summed E-state index contributed by atoms with van der Waals surface area (Å²) in [5.41, 5.74) is 2.57.